The molecule has 2 aromatic heterocycles. The molecule has 0 spiro atoms. The maximum atomic E-state index is 12.3. The fourth-order valence-corrected chi connectivity index (χ4v) is 3.53. The molecule has 7 heteroatoms. The van der Waals surface area contributed by atoms with Crippen LogP contribution in [-0.4, -0.2) is 22.8 Å². The lowest BCUT2D eigenvalue weighted by molar-refractivity contribution is -0.121. The number of amides is 2. The number of benzene rings is 1. The number of hydrogen-bond donors (Lipinski definition) is 2. The van der Waals surface area contributed by atoms with Gasteiger partial charge in [-0.1, -0.05) is 30.3 Å². The molecule has 146 valence electrons. The summed E-state index contributed by atoms with van der Waals surface area (Å²) in [5, 5.41) is 7.99. The van der Waals surface area contributed by atoms with Crippen molar-refractivity contribution >= 4 is 28.3 Å². The fourth-order valence-electron chi connectivity index (χ4n) is 2.82. The zero-order chi connectivity index (χ0) is 19.9. The van der Waals surface area contributed by atoms with E-state index in [1.54, 1.807) is 18.4 Å². The molecule has 6 nitrogen and oxygen atoms in total. The molecule has 0 aliphatic rings. The summed E-state index contributed by atoms with van der Waals surface area (Å²) in [6.45, 7) is 3.73. The predicted octanol–water partition coefficient (Wildman–Crippen LogP) is 3.98. The first-order chi connectivity index (χ1) is 13.5. The monoisotopic (exact) mass is 397 g/mol. The summed E-state index contributed by atoms with van der Waals surface area (Å²) in [5.74, 6) is 0.207. The Kier molecular flexibility index (Phi) is 6.60. The van der Waals surface area contributed by atoms with Crippen LogP contribution in [-0.2, 0) is 17.6 Å². The number of furan rings is 1. The number of rotatable bonds is 8. The quantitative estimate of drug-likeness (QED) is 0.602. The summed E-state index contributed by atoms with van der Waals surface area (Å²) in [5.41, 5.74) is 2.37. The van der Waals surface area contributed by atoms with Gasteiger partial charge in [0.2, 0.25) is 5.91 Å². The molecule has 0 radical (unpaired) electrons. The minimum absolute atomic E-state index is 0.0746. The van der Waals surface area contributed by atoms with E-state index in [2.05, 4.69) is 27.8 Å². The molecule has 1 unspecified atom stereocenters. The Balaban J connectivity index is 1.45. The average molecular weight is 398 g/mol. The summed E-state index contributed by atoms with van der Waals surface area (Å²) >= 11 is 1.30. The first-order valence-corrected chi connectivity index (χ1v) is 10.0. The van der Waals surface area contributed by atoms with Crippen LogP contribution >= 0.6 is 11.3 Å². The van der Waals surface area contributed by atoms with Crippen LogP contribution in [0.4, 0.5) is 5.13 Å². The molecule has 2 amide bonds. The summed E-state index contributed by atoms with van der Waals surface area (Å²) < 4.78 is 5.14. The van der Waals surface area contributed by atoms with Crippen LogP contribution in [0.1, 0.15) is 40.7 Å². The number of hydrogen-bond acceptors (Lipinski definition) is 5. The van der Waals surface area contributed by atoms with Crippen LogP contribution in [0.15, 0.2) is 52.5 Å². The number of thiazole rings is 1. The van der Waals surface area contributed by atoms with E-state index in [9.17, 15) is 9.59 Å². The molecule has 1 aromatic carbocycles. The number of aryl methyl sites for hydroxylation is 2. The maximum absolute atomic E-state index is 12.3. The average Bonchev–Trinajstić information content (AvgIpc) is 3.29. The molecule has 0 aliphatic heterocycles. The molecular formula is C21H23N3O3S. The Morgan fingerprint density at radius 1 is 1.21 bits per heavy atom. The van der Waals surface area contributed by atoms with E-state index in [1.165, 1.54) is 23.2 Å². The standard InChI is InChI=1S/C21H23N3O3S/c1-14(8-9-16-6-4-3-5-7-16)22-19(25)12-17-13-28-21(23-17)24-20(26)18-10-11-27-15(18)2/h3-7,10-11,13-14H,8-9,12H2,1-2H3,(H,22,25)(H,23,24,26). The Morgan fingerprint density at radius 2 is 2.00 bits per heavy atom. The van der Waals surface area contributed by atoms with Crippen molar-refractivity contribution in [1.29, 1.82) is 0 Å². The van der Waals surface area contributed by atoms with Gasteiger partial charge in [0.1, 0.15) is 5.76 Å². The fraction of sp³-hybridized carbons (Fsp3) is 0.286. The van der Waals surface area contributed by atoms with Crippen LogP contribution in [0.2, 0.25) is 0 Å². The van der Waals surface area contributed by atoms with Crippen molar-refractivity contribution in [2.24, 2.45) is 0 Å². The van der Waals surface area contributed by atoms with Crippen LogP contribution in [0.3, 0.4) is 0 Å². The van der Waals surface area contributed by atoms with Gasteiger partial charge in [0.05, 0.1) is 23.9 Å². The van der Waals surface area contributed by atoms with Crippen LogP contribution in [0, 0.1) is 6.92 Å². The van der Waals surface area contributed by atoms with Gasteiger partial charge in [0, 0.05) is 11.4 Å². The molecule has 1 atom stereocenters. The van der Waals surface area contributed by atoms with E-state index in [4.69, 9.17) is 4.42 Å². The number of aromatic nitrogens is 1. The van der Waals surface area contributed by atoms with Crippen molar-refractivity contribution in [3.05, 3.63) is 70.6 Å². The van der Waals surface area contributed by atoms with Gasteiger partial charge in [-0.3, -0.25) is 14.9 Å². The lowest BCUT2D eigenvalue weighted by Gasteiger charge is -2.13. The first-order valence-electron chi connectivity index (χ1n) is 9.14. The van der Waals surface area contributed by atoms with Gasteiger partial charge in [-0.2, -0.15) is 0 Å². The third-order valence-corrected chi connectivity index (χ3v) is 5.14. The lowest BCUT2D eigenvalue weighted by atomic mass is 10.1. The zero-order valence-electron chi connectivity index (χ0n) is 15.9. The second-order valence-electron chi connectivity index (χ2n) is 6.66. The second kappa shape index (κ2) is 9.32. The van der Waals surface area contributed by atoms with Gasteiger partial charge in [0.25, 0.3) is 5.91 Å². The highest BCUT2D eigenvalue weighted by atomic mass is 32.1. The normalized spacial score (nSPS) is 11.8. The van der Waals surface area contributed by atoms with Gasteiger partial charge in [-0.15, -0.1) is 11.3 Å². The van der Waals surface area contributed by atoms with Crippen molar-refractivity contribution in [2.45, 2.75) is 39.2 Å². The molecule has 28 heavy (non-hydrogen) atoms. The van der Waals surface area contributed by atoms with Gasteiger partial charge < -0.3 is 9.73 Å². The van der Waals surface area contributed by atoms with E-state index in [0.717, 1.165) is 12.8 Å². The Bertz CT molecular complexity index is 933. The molecule has 0 fully saturated rings. The second-order valence-corrected chi connectivity index (χ2v) is 7.52. The summed E-state index contributed by atoms with van der Waals surface area (Å²) in [6, 6.07) is 11.9. The highest BCUT2D eigenvalue weighted by molar-refractivity contribution is 7.14. The van der Waals surface area contributed by atoms with E-state index >= 15 is 0 Å². The molecule has 2 heterocycles. The Morgan fingerprint density at radius 3 is 2.71 bits per heavy atom. The summed E-state index contributed by atoms with van der Waals surface area (Å²) in [4.78, 5) is 28.8. The van der Waals surface area contributed by atoms with E-state index < -0.39 is 0 Å². The van der Waals surface area contributed by atoms with Crippen molar-refractivity contribution in [3.63, 3.8) is 0 Å². The smallest absolute Gasteiger partial charge is 0.260 e. The van der Waals surface area contributed by atoms with Crippen LogP contribution in [0.5, 0.6) is 0 Å². The zero-order valence-corrected chi connectivity index (χ0v) is 16.7. The minimum atomic E-state index is -0.272. The summed E-state index contributed by atoms with van der Waals surface area (Å²) in [6.07, 6.45) is 3.45. The number of carbonyl (C=O) groups is 2. The molecule has 0 aliphatic carbocycles. The Hall–Kier alpha value is -2.93. The molecule has 0 saturated carbocycles. The topological polar surface area (TPSA) is 84.2 Å². The van der Waals surface area contributed by atoms with Crippen molar-refractivity contribution < 1.29 is 14.0 Å². The molecule has 3 rings (SSSR count). The highest BCUT2D eigenvalue weighted by Gasteiger charge is 2.15. The van der Waals surface area contributed by atoms with E-state index in [0.29, 0.717) is 22.1 Å². The van der Waals surface area contributed by atoms with Crippen molar-refractivity contribution in [2.75, 3.05) is 5.32 Å². The van der Waals surface area contributed by atoms with E-state index in [1.807, 2.05) is 25.1 Å². The number of nitrogens with one attached hydrogen (secondary N) is 2. The molecule has 3 aromatic rings. The lowest BCUT2D eigenvalue weighted by Crippen LogP contribution is -2.34. The summed E-state index contributed by atoms with van der Waals surface area (Å²) in [7, 11) is 0. The van der Waals surface area contributed by atoms with Crippen molar-refractivity contribution in [1.82, 2.24) is 10.3 Å². The van der Waals surface area contributed by atoms with Crippen molar-refractivity contribution in [3.8, 4) is 0 Å². The first kappa shape index (κ1) is 19.8. The van der Waals surface area contributed by atoms with E-state index in [-0.39, 0.29) is 24.3 Å². The maximum Gasteiger partial charge on any atom is 0.260 e. The highest BCUT2D eigenvalue weighted by Crippen LogP contribution is 2.18. The molecule has 0 saturated heterocycles. The minimum Gasteiger partial charge on any atom is -0.469 e. The number of carbonyl (C=O) groups excluding carboxylic acids is 2. The van der Waals surface area contributed by atoms with Gasteiger partial charge in [0.15, 0.2) is 5.13 Å². The largest absolute Gasteiger partial charge is 0.469 e. The van der Waals surface area contributed by atoms with Crippen LogP contribution in [0.25, 0.3) is 0 Å². The third kappa shape index (κ3) is 5.53. The third-order valence-electron chi connectivity index (χ3n) is 4.33. The SMILES string of the molecule is Cc1occc1C(=O)Nc1nc(CC(=O)NC(C)CCc2ccccc2)cs1. The Labute approximate surface area is 168 Å². The van der Waals surface area contributed by atoms with Crippen LogP contribution < -0.4 is 10.6 Å². The molecule has 0 bridgehead atoms. The molecule has 2 N–H and O–H groups in total. The van der Waals surface area contributed by atoms with Gasteiger partial charge in [-0.05, 0) is 38.3 Å². The van der Waals surface area contributed by atoms with Gasteiger partial charge in [-0.25, -0.2) is 4.98 Å². The predicted molar refractivity (Wildman–Crippen MR) is 110 cm³/mol. The number of anilines is 1. The number of nitrogens with zero attached hydrogens (tertiary/aromatic N) is 1. The molecular weight excluding hydrogens is 374 g/mol. The van der Waals surface area contributed by atoms with Gasteiger partial charge >= 0.3 is 0 Å².